The Morgan fingerprint density at radius 2 is 1.11 bits per heavy atom. The molecule has 0 aromatic heterocycles. The Labute approximate surface area is 68.3 Å². The van der Waals surface area contributed by atoms with E-state index in [4.69, 9.17) is 9.90 Å². The largest absolute Gasteiger partial charge is 2.00 e. The Hall–Kier alpha value is 0.0762. The molecule has 0 amide bonds. The van der Waals surface area contributed by atoms with Crippen molar-refractivity contribution in [1.82, 2.24) is 0 Å². The smallest absolute Gasteiger partial charge is 0.550 e. The molecule has 0 aliphatic heterocycles. The van der Waals surface area contributed by atoms with Gasteiger partial charge in [-0.25, -0.2) is 0 Å². The van der Waals surface area contributed by atoms with Crippen molar-refractivity contribution in [2.24, 2.45) is 0 Å². The maximum atomic E-state index is 8.89. The summed E-state index contributed by atoms with van der Waals surface area (Å²) >= 11 is 0. The molecule has 0 aromatic rings. The number of hydrogen-bond donors (Lipinski definition) is 0. The van der Waals surface area contributed by atoms with Gasteiger partial charge in [0.05, 0.1) is 0 Å². The van der Waals surface area contributed by atoms with Crippen molar-refractivity contribution in [3.63, 3.8) is 0 Å². The Morgan fingerprint density at radius 3 is 1.11 bits per heavy atom. The van der Waals surface area contributed by atoms with Gasteiger partial charge in [0.25, 0.3) is 0 Å². The van der Waals surface area contributed by atoms with Crippen molar-refractivity contribution >= 4 is 29.0 Å². The van der Waals surface area contributed by atoms with E-state index in [0.717, 1.165) is 6.92 Å². The van der Waals surface area contributed by atoms with Gasteiger partial charge in [-0.1, -0.05) is 0 Å². The van der Waals surface area contributed by atoms with Gasteiger partial charge in [0.1, 0.15) is 0 Å². The van der Waals surface area contributed by atoms with Crippen molar-refractivity contribution in [3.05, 3.63) is 0 Å². The van der Waals surface area contributed by atoms with Crippen molar-refractivity contribution < 1.29 is 31.8 Å². The molecule has 0 heterocycles. The van der Waals surface area contributed by atoms with E-state index in [0.29, 0.717) is 0 Å². The van der Waals surface area contributed by atoms with Crippen molar-refractivity contribution in [3.8, 4) is 0 Å². The molecular weight excluding hydrogens is 144 g/mol. The third kappa shape index (κ3) is 51300. The normalized spacial score (nSPS) is 2.78. The Balaban J connectivity index is -0.00000000450. The topological polar surface area (TPSA) is 166 Å². The van der Waals surface area contributed by atoms with Crippen LogP contribution in [0.2, 0.25) is 0 Å². The summed E-state index contributed by atoms with van der Waals surface area (Å²) in [6.07, 6.45) is 0. The fourth-order valence-corrected chi connectivity index (χ4v) is 0. The molecular formula is C2H11MgO6+. The molecule has 0 radical (unpaired) electrons. The van der Waals surface area contributed by atoms with Crippen molar-refractivity contribution in [1.29, 1.82) is 0 Å². The van der Waals surface area contributed by atoms with Crippen LogP contribution in [0.25, 0.3) is 0 Å². The van der Waals surface area contributed by atoms with Gasteiger partial charge in [0.15, 0.2) is 0 Å². The molecule has 6 nitrogen and oxygen atoms in total. The predicted molar refractivity (Wildman–Crippen MR) is 30.9 cm³/mol. The first-order valence-corrected chi connectivity index (χ1v) is 0.908. The number of rotatable bonds is 0. The molecule has 56 valence electrons. The van der Waals surface area contributed by atoms with Crippen LogP contribution < -0.4 is 5.11 Å². The van der Waals surface area contributed by atoms with Crippen LogP contribution in [0.15, 0.2) is 0 Å². The summed E-state index contributed by atoms with van der Waals surface area (Å²) in [4.78, 5) is 8.89. The zero-order chi connectivity index (χ0) is 3.58. The van der Waals surface area contributed by atoms with E-state index in [9.17, 15) is 0 Å². The van der Waals surface area contributed by atoms with E-state index >= 15 is 0 Å². The monoisotopic (exact) mass is 155 g/mol. The Kier molecular flexibility index (Phi) is 297. The van der Waals surface area contributed by atoms with Gasteiger partial charge in [-0.15, -0.1) is 0 Å². The number of carbonyl (C=O) groups excluding carboxylic acids is 1. The molecule has 9 heavy (non-hydrogen) atoms. The zero-order valence-electron chi connectivity index (χ0n) is 5.02. The molecule has 0 saturated carbocycles. The second-order valence-corrected chi connectivity index (χ2v) is 0.492. The molecule has 0 fully saturated rings. The van der Waals surface area contributed by atoms with Gasteiger partial charge < -0.3 is 31.8 Å². The van der Waals surface area contributed by atoms with Crippen LogP contribution >= 0.6 is 0 Å². The molecule has 8 N–H and O–H groups in total. The zero-order valence-corrected chi connectivity index (χ0v) is 6.44. The maximum Gasteiger partial charge on any atom is 2.00 e. The number of aliphatic carboxylic acids is 1. The van der Waals surface area contributed by atoms with Crippen LogP contribution in [0.3, 0.4) is 0 Å². The second-order valence-electron chi connectivity index (χ2n) is 0.492. The minimum absolute atomic E-state index is 0. The molecule has 0 aromatic carbocycles. The van der Waals surface area contributed by atoms with Crippen LogP contribution in [-0.4, -0.2) is 50.9 Å². The first-order chi connectivity index (χ1) is 1.73. The summed E-state index contributed by atoms with van der Waals surface area (Å²) in [6, 6.07) is 0. The van der Waals surface area contributed by atoms with Crippen LogP contribution in [0, 0.1) is 0 Å². The molecule has 0 aliphatic rings. The average Bonchev–Trinajstić information content (AvgIpc) is 0.811. The molecule has 0 bridgehead atoms. The minimum Gasteiger partial charge on any atom is -0.550 e. The number of carbonyl (C=O) groups is 1. The standard InChI is InChI=1S/C2H4O2.Mg.4H2O/c1-2(3)4;;;;;/h1H3,(H,3,4);;4*1H2/q;+2;;;;/p-1. The summed E-state index contributed by atoms with van der Waals surface area (Å²) in [5, 5.41) is 8.89. The van der Waals surface area contributed by atoms with E-state index in [2.05, 4.69) is 0 Å². The molecule has 0 unspecified atom stereocenters. The van der Waals surface area contributed by atoms with Crippen molar-refractivity contribution in [2.45, 2.75) is 6.92 Å². The van der Waals surface area contributed by atoms with Gasteiger partial charge in [-0.3, -0.25) is 0 Å². The first kappa shape index (κ1) is 62.6. The van der Waals surface area contributed by atoms with Crippen LogP contribution in [-0.2, 0) is 4.79 Å². The summed E-state index contributed by atoms with van der Waals surface area (Å²) in [5.74, 6) is -1.08. The molecule has 0 spiro atoms. The Bertz CT molecular complexity index is 34.0. The maximum absolute atomic E-state index is 8.89. The quantitative estimate of drug-likeness (QED) is 0.320. The summed E-state index contributed by atoms with van der Waals surface area (Å²) < 4.78 is 0. The summed E-state index contributed by atoms with van der Waals surface area (Å²) in [6.45, 7) is 0.972. The molecule has 0 rings (SSSR count). The average molecular weight is 155 g/mol. The fraction of sp³-hybridized carbons (Fsp3) is 0.500. The predicted octanol–water partition coefficient (Wildman–Crippen LogP) is -4.92. The third-order valence-electron chi connectivity index (χ3n) is 0. The summed E-state index contributed by atoms with van der Waals surface area (Å²) in [5.41, 5.74) is 0. The number of carboxylic acid groups (broad SMARTS) is 1. The molecule has 7 heteroatoms. The van der Waals surface area contributed by atoms with E-state index in [1.807, 2.05) is 0 Å². The van der Waals surface area contributed by atoms with E-state index < -0.39 is 5.97 Å². The van der Waals surface area contributed by atoms with Gasteiger partial charge in [-0.2, -0.15) is 0 Å². The van der Waals surface area contributed by atoms with Gasteiger partial charge >= 0.3 is 23.1 Å². The van der Waals surface area contributed by atoms with Crippen LogP contribution in [0.1, 0.15) is 6.92 Å². The number of hydrogen-bond acceptors (Lipinski definition) is 2. The van der Waals surface area contributed by atoms with Crippen LogP contribution in [0.4, 0.5) is 0 Å². The Morgan fingerprint density at radius 1 is 1.11 bits per heavy atom. The van der Waals surface area contributed by atoms with Gasteiger partial charge in [0, 0.05) is 5.97 Å². The fourth-order valence-electron chi connectivity index (χ4n) is 0. The van der Waals surface area contributed by atoms with E-state index in [-0.39, 0.29) is 45.0 Å². The molecule has 0 saturated heterocycles. The number of carboxylic acids is 1. The van der Waals surface area contributed by atoms with E-state index in [1.54, 1.807) is 0 Å². The van der Waals surface area contributed by atoms with Gasteiger partial charge in [-0.05, 0) is 6.92 Å². The second kappa shape index (κ2) is 42.7. The van der Waals surface area contributed by atoms with Crippen molar-refractivity contribution in [2.75, 3.05) is 0 Å². The summed E-state index contributed by atoms with van der Waals surface area (Å²) in [7, 11) is 0. The van der Waals surface area contributed by atoms with Gasteiger partial charge in [0.2, 0.25) is 0 Å². The SMILES string of the molecule is CC(=O)[O-].O.O.O.O.[Mg+2]. The van der Waals surface area contributed by atoms with Crippen LogP contribution in [0.5, 0.6) is 0 Å². The third-order valence-corrected chi connectivity index (χ3v) is 0. The minimum atomic E-state index is -1.08. The first-order valence-electron chi connectivity index (χ1n) is 0.908. The molecule has 0 aliphatic carbocycles. The molecule has 0 atom stereocenters. The van der Waals surface area contributed by atoms with E-state index in [1.165, 1.54) is 0 Å².